The molecule has 0 aromatic rings. The van der Waals surface area contributed by atoms with Crippen molar-refractivity contribution in [3.8, 4) is 0 Å². The molecular weight excluding hydrogens is 625 g/mol. The number of ether oxygens (including phenoxy) is 2. The van der Waals surface area contributed by atoms with Gasteiger partial charge in [-0.2, -0.15) is 0 Å². The molecule has 0 aromatic carbocycles. The Morgan fingerprint density at radius 1 is 0.542 bits per heavy atom. The lowest BCUT2D eigenvalue weighted by Crippen LogP contribution is -2.28. The quantitative estimate of drug-likeness (QED) is 0.0367. The Balaban J connectivity index is 4.00. The summed E-state index contributed by atoms with van der Waals surface area (Å²) in [6, 6.07) is 0. The molecule has 0 heterocycles. The van der Waals surface area contributed by atoms with Gasteiger partial charge in [-0.25, -0.2) is 4.57 Å². The van der Waals surface area contributed by atoms with Gasteiger partial charge in [0.1, 0.15) is 6.10 Å². The van der Waals surface area contributed by atoms with Gasteiger partial charge >= 0.3 is 13.8 Å². The Hall–Kier alpha value is -0.500. The minimum absolute atomic E-state index is 0.0902. The number of nitrogens with two attached hydrogens (primary N) is 1. The first-order chi connectivity index (χ1) is 23.4. The molecule has 0 radical (unpaired) electrons. The zero-order chi connectivity index (χ0) is 35.2. The van der Waals surface area contributed by atoms with Crippen LogP contribution in [0.25, 0.3) is 0 Å². The Kier molecular flexibility index (Phi) is 37.4. The maximum Gasteiger partial charge on any atom is 0.472 e. The van der Waals surface area contributed by atoms with Gasteiger partial charge < -0.3 is 20.1 Å². The Morgan fingerprint density at radius 3 is 1.31 bits per heavy atom. The van der Waals surface area contributed by atoms with Crippen molar-refractivity contribution in [2.45, 2.75) is 213 Å². The number of phosphoric ester groups is 1. The SMILES string of the molecule is CCCCCCCCCCCCCCCCCCC(=O)OC(COCCCCCCCCCCCCCCC)COP(=O)(O)OCCN. The van der Waals surface area contributed by atoms with E-state index in [-0.39, 0.29) is 32.3 Å². The van der Waals surface area contributed by atoms with Crippen LogP contribution < -0.4 is 5.73 Å². The highest BCUT2D eigenvalue weighted by Gasteiger charge is 2.25. The van der Waals surface area contributed by atoms with E-state index in [1.165, 1.54) is 154 Å². The molecule has 0 aliphatic rings. The van der Waals surface area contributed by atoms with E-state index in [9.17, 15) is 14.3 Å². The summed E-state index contributed by atoms with van der Waals surface area (Å²) >= 11 is 0. The molecule has 2 atom stereocenters. The number of carbonyl (C=O) groups excluding carboxylic acids is 1. The van der Waals surface area contributed by atoms with Crippen molar-refractivity contribution >= 4 is 13.8 Å². The summed E-state index contributed by atoms with van der Waals surface area (Å²) in [5, 5.41) is 0. The number of hydrogen-bond donors (Lipinski definition) is 2. The van der Waals surface area contributed by atoms with Crippen LogP contribution in [0.15, 0.2) is 0 Å². The van der Waals surface area contributed by atoms with E-state index in [0.29, 0.717) is 13.0 Å². The molecule has 3 N–H and O–H groups in total. The molecule has 0 bridgehead atoms. The smallest absolute Gasteiger partial charge is 0.457 e. The molecule has 8 nitrogen and oxygen atoms in total. The van der Waals surface area contributed by atoms with Crippen LogP contribution in [0.5, 0.6) is 0 Å². The second-order valence-corrected chi connectivity index (χ2v) is 15.3. The standard InChI is InChI=1S/C39H80NO7P/c1-3-5-7-9-11-13-15-17-18-19-20-22-24-26-28-30-32-39(41)47-38(37-46-48(42,43)45-35-33-40)36-44-34-31-29-27-25-23-21-16-14-12-10-8-6-4-2/h38H,3-37,40H2,1-2H3,(H,42,43). The van der Waals surface area contributed by atoms with Crippen molar-refractivity contribution in [2.75, 3.05) is 33.0 Å². The maximum atomic E-state index is 12.5. The summed E-state index contributed by atoms with van der Waals surface area (Å²) in [5.41, 5.74) is 5.36. The van der Waals surface area contributed by atoms with Gasteiger partial charge in [-0.3, -0.25) is 13.8 Å². The molecule has 0 rings (SSSR count). The molecule has 48 heavy (non-hydrogen) atoms. The Bertz CT molecular complexity index is 712. The van der Waals surface area contributed by atoms with Gasteiger partial charge in [0, 0.05) is 19.6 Å². The van der Waals surface area contributed by atoms with Gasteiger partial charge in [0.2, 0.25) is 0 Å². The molecular formula is C39H80NO7P. The fraction of sp³-hybridized carbons (Fsp3) is 0.974. The lowest BCUT2D eigenvalue weighted by molar-refractivity contribution is -0.154. The van der Waals surface area contributed by atoms with Crippen LogP contribution in [0.4, 0.5) is 0 Å². The van der Waals surface area contributed by atoms with Crippen LogP contribution in [0.1, 0.15) is 206 Å². The first-order valence-corrected chi connectivity index (χ1v) is 22.0. The molecule has 0 aromatic heterocycles. The lowest BCUT2D eigenvalue weighted by Gasteiger charge is -2.20. The minimum atomic E-state index is -4.26. The molecule has 0 aliphatic heterocycles. The second-order valence-electron chi connectivity index (χ2n) is 13.9. The van der Waals surface area contributed by atoms with Crippen LogP contribution in [-0.2, 0) is 27.9 Å². The van der Waals surface area contributed by atoms with Gasteiger partial charge in [-0.15, -0.1) is 0 Å². The molecule has 0 fully saturated rings. The van der Waals surface area contributed by atoms with Gasteiger partial charge in [-0.05, 0) is 12.8 Å². The van der Waals surface area contributed by atoms with Crippen molar-refractivity contribution in [3.63, 3.8) is 0 Å². The summed E-state index contributed by atoms with van der Waals surface area (Å²) in [4.78, 5) is 22.4. The van der Waals surface area contributed by atoms with E-state index in [2.05, 4.69) is 13.8 Å². The van der Waals surface area contributed by atoms with E-state index in [1.54, 1.807) is 0 Å². The Morgan fingerprint density at radius 2 is 0.917 bits per heavy atom. The fourth-order valence-corrected chi connectivity index (χ4v) is 6.76. The average molecular weight is 706 g/mol. The van der Waals surface area contributed by atoms with Crippen molar-refractivity contribution in [1.82, 2.24) is 0 Å². The third-order valence-corrected chi connectivity index (χ3v) is 10.0. The van der Waals surface area contributed by atoms with E-state index in [4.69, 9.17) is 24.3 Å². The predicted octanol–water partition coefficient (Wildman–Crippen LogP) is 11.7. The van der Waals surface area contributed by atoms with E-state index >= 15 is 0 Å². The monoisotopic (exact) mass is 706 g/mol. The lowest BCUT2D eigenvalue weighted by atomic mass is 10.0. The molecule has 9 heteroatoms. The van der Waals surface area contributed by atoms with Crippen LogP contribution >= 0.6 is 7.82 Å². The van der Waals surface area contributed by atoms with E-state index < -0.39 is 13.9 Å². The Labute approximate surface area is 297 Å². The summed E-state index contributed by atoms with van der Waals surface area (Å²) < 4.78 is 33.4. The second kappa shape index (κ2) is 37.7. The highest BCUT2D eigenvalue weighted by atomic mass is 31.2. The first-order valence-electron chi connectivity index (χ1n) is 20.5. The maximum absolute atomic E-state index is 12.5. The van der Waals surface area contributed by atoms with E-state index in [0.717, 1.165) is 32.1 Å². The first kappa shape index (κ1) is 47.5. The van der Waals surface area contributed by atoms with Crippen LogP contribution in [0, 0.1) is 0 Å². The van der Waals surface area contributed by atoms with Crippen LogP contribution in [-0.4, -0.2) is 49.9 Å². The number of carbonyl (C=O) groups is 1. The molecule has 0 saturated carbocycles. The zero-order valence-electron chi connectivity index (χ0n) is 31.7. The van der Waals surface area contributed by atoms with Crippen LogP contribution in [0.3, 0.4) is 0 Å². The highest BCUT2D eigenvalue weighted by Crippen LogP contribution is 2.43. The van der Waals surface area contributed by atoms with Crippen molar-refractivity contribution in [2.24, 2.45) is 5.73 Å². The van der Waals surface area contributed by atoms with Crippen molar-refractivity contribution in [3.05, 3.63) is 0 Å². The zero-order valence-corrected chi connectivity index (χ0v) is 32.6. The average Bonchev–Trinajstić information content (AvgIpc) is 3.07. The van der Waals surface area contributed by atoms with Gasteiger partial charge in [-0.1, -0.05) is 187 Å². The normalized spacial score (nSPS) is 13.5. The van der Waals surface area contributed by atoms with Crippen molar-refractivity contribution < 1.29 is 32.8 Å². The molecule has 0 saturated heterocycles. The third kappa shape index (κ3) is 36.8. The van der Waals surface area contributed by atoms with Crippen molar-refractivity contribution in [1.29, 1.82) is 0 Å². The van der Waals surface area contributed by atoms with Gasteiger partial charge in [0.25, 0.3) is 0 Å². The topological polar surface area (TPSA) is 117 Å². The molecule has 0 spiro atoms. The summed E-state index contributed by atoms with van der Waals surface area (Å²) in [6.45, 7) is 4.97. The van der Waals surface area contributed by atoms with Gasteiger partial charge in [0.05, 0.1) is 19.8 Å². The molecule has 0 aliphatic carbocycles. The minimum Gasteiger partial charge on any atom is -0.457 e. The number of hydrogen-bond acceptors (Lipinski definition) is 7. The third-order valence-electron chi connectivity index (χ3n) is 9.02. The number of phosphoric acid groups is 1. The summed E-state index contributed by atoms with van der Waals surface area (Å²) in [5.74, 6) is -0.325. The summed E-state index contributed by atoms with van der Waals surface area (Å²) in [7, 11) is -4.26. The van der Waals surface area contributed by atoms with Gasteiger partial charge in [0.15, 0.2) is 0 Å². The number of esters is 1. The fourth-order valence-electron chi connectivity index (χ4n) is 6.00. The number of rotatable bonds is 40. The van der Waals surface area contributed by atoms with E-state index in [1.807, 2.05) is 0 Å². The predicted molar refractivity (Wildman–Crippen MR) is 201 cm³/mol. The molecule has 0 amide bonds. The molecule has 288 valence electrons. The summed E-state index contributed by atoms with van der Waals surface area (Å²) in [6.07, 6.45) is 36.8. The number of unbranched alkanes of at least 4 members (excludes halogenated alkanes) is 27. The highest BCUT2D eigenvalue weighted by molar-refractivity contribution is 7.47. The molecule has 2 unspecified atom stereocenters. The largest absolute Gasteiger partial charge is 0.472 e. The van der Waals surface area contributed by atoms with Crippen LogP contribution in [0.2, 0.25) is 0 Å².